The Hall–Kier alpha value is 0.0700. The zero-order valence-electron chi connectivity index (χ0n) is 11.0. The van der Waals surface area contributed by atoms with Crippen molar-refractivity contribution in [1.29, 1.82) is 0 Å². The molecule has 0 bridgehead atoms. The van der Waals surface area contributed by atoms with Crippen LogP contribution in [0.5, 0.6) is 0 Å². The van der Waals surface area contributed by atoms with Crippen LogP contribution < -0.4 is 5.43 Å². The molecule has 0 fully saturated rings. The topological polar surface area (TPSA) is 50.8 Å². The minimum atomic E-state index is -3.04. The van der Waals surface area contributed by atoms with Gasteiger partial charge in [0.25, 0.3) is 0 Å². The van der Waals surface area contributed by atoms with E-state index in [-0.39, 0.29) is 5.78 Å². The van der Waals surface area contributed by atoms with Crippen LogP contribution in [0, 0.1) is 0 Å². The van der Waals surface area contributed by atoms with Crippen LogP contribution in [0.1, 0.15) is 32.6 Å². The summed E-state index contributed by atoms with van der Waals surface area (Å²) >= 11 is 0. The van der Waals surface area contributed by atoms with Gasteiger partial charge in [0, 0.05) is 28.3 Å². The number of nitrogens with one attached hydrogen (secondary N) is 1. The van der Waals surface area contributed by atoms with Gasteiger partial charge < -0.3 is 9.05 Å². The quantitative estimate of drug-likeness (QED) is 0.388. The van der Waals surface area contributed by atoms with Crippen molar-refractivity contribution in [3.05, 3.63) is 0 Å². The lowest BCUT2D eigenvalue weighted by Gasteiger charge is -2.28. The van der Waals surface area contributed by atoms with Gasteiger partial charge in [-0.25, -0.2) is 10.4 Å². The number of unbranched alkanes of at least 4 members (excludes halogenated alkanes) is 2. The Morgan fingerprint density at radius 2 is 1.81 bits per heavy atom. The zero-order valence-corrected chi connectivity index (χ0v) is 11.9. The lowest BCUT2D eigenvalue weighted by Crippen LogP contribution is -2.40. The van der Waals surface area contributed by atoms with E-state index in [1.54, 1.807) is 5.01 Å². The molecule has 0 saturated carbocycles. The van der Waals surface area contributed by atoms with Gasteiger partial charge in [-0.05, 0) is 6.42 Å². The summed E-state index contributed by atoms with van der Waals surface area (Å²) in [6, 6.07) is 0. The predicted octanol–water partition coefficient (Wildman–Crippen LogP) is 2.44. The Morgan fingerprint density at radius 1 is 1.25 bits per heavy atom. The number of nitrogens with zero attached hydrogens (tertiary/aromatic N) is 1. The average molecular weight is 252 g/mol. The second kappa shape index (κ2) is 8.20. The van der Waals surface area contributed by atoms with Gasteiger partial charge in [-0.2, -0.15) is 0 Å². The smallest absolute Gasteiger partial charge is 0.311 e. The van der Waals surface area contributed by atoms with E-state index in [9.17, 15) is 4.57 Å². The number of hydrogen-bond donors (Lipinski definition) is 1. The van der Waals surface area contributed by atoms with Crippen molar-refractivity contribution >= 4 is 7.60 Å². The Balaban J connectivity index is 4.45. The van der Waals surface area contributed by atoms with E-state index in [0.29, 0.717) is 0 Å². The third-order valence-corrected chi connectivity index (χ3v) is 4.53. The molecule has 0 aliphatic heterocycles. The molecule has 1 atom stereocenters. The van der Waals surface area contributed by atoms with Gasteiger partial charge in [-0.1, -0.05) is 26.2 Å². The predicted molar refractivity (Wildman–Crippen MR) is 66.4 cm³/mol. The highest BCUT2D eigenvalue weighted by atomic mass is 31.2. The Labute approximate surface area is 99.0 Å². The lowest BCUT2D eigenvalue weighted by atomic mass is 10.2. The Bertz CT molecular complexity index is 216. The molecule has 0 rings (SSSR count). The van der Waals surface area contributed by atoms with Crippen molar-refractivity contribution in [2.24, 2.45) is 0 Å². The molecular weight excluding hydrogens is 227 g/mol. The average Bonchev–Trinajstić information content (AvgIpc) is 2.26. The largest absolute Gasteiger partial charge is 0.348 e. The van der Waals surface area contributed by atoms with Gasteiger partial charge in [-0.3, -0.25) is 4.57 Å². The van der Waals surface area contributed by atoms with Crippen molar-refractivity contribution in [2.45, 2.75) is 38.4 Å². The molecule has 16 heavy (non-hydrogen) atoms. The van der Waals surface area contributed by atoms with Crippen LogP contribution >= 0.6 is 7.60 Å². The molecule has 1 N–H and O–H groups in total. The van der Waals surface area contributed by atoms with Crippen molar-refractivity contribution in [1.82, 2.24) is 10.4 Å². The summed E-state index contributed by atoms with van der Waals surface area (Å²) in [6.07, 6.45) is 4.06. The standard InChI is InChI=1S/C10H25N2O3P/c1-6-7-8-9-10(11-12(2)3)16(13,14-4)15-5/h10-11H,6-9H2,1-5H3. The highest BCUT2D eigenvalue weighted by Gasteiger charge is 2.33. The van der Waals surface area contributed by atoms with E-state index in [2.05, 4.69) is 12.3 Å². The molecule has 0 amide bonds. The first kappa shape index (κ1) is 16.1. The molecule has 0 aliphatic rings. The second-order valence-corrected chi connectivity index (χ2v) is 6.37. The molecule has 0 spiro atoms. The molecule has 6 heteroatoms. The van der Waals surface area contributed by atoms with Crippen molar-refractivity contribution < 1.29 is 13.6 Å². The van der Waals surface area contributed by atoms with Crippen LogP contribution in [0.15, 0.2) is 0 Å². The van der Waals surface area contributed by atoms with E-state index in [0.717, 1.165) is 25.7 Å². The van der Waals surface area contributed by atoms with Gasteiger partial charge in [0.2, 0.25) is 0 Å². The van der Waals surface area contributed by atoms with Crippen molar-refractivity contribution in [2.75, 3.05) is 28.3 Å². The normalized spacial score (nSPS) is 14.4. The van der Waals surface area contributed by atoms with Gasteiger partial charge in [0.05, 0.1) is 0 Å². The van der Waals surface area contributed by atoms with E-state index < -0.39 is 7.60 Å². The summed E-state index contributed by atoms with van der Waals surface area (Å²) in [5.74, 6) is -0.274. The molecular formula is C10H25N2O3P. The molecule has 1 unspecified atom stereocenters. The van der Waals surface area contributed by atoms with Gasteiger partial charge >= 0.3 is 7.60 Å². The lowest BCUT2D eigenvalue weighted by molar-refractivity contribution is 0.210. The Morgan fingerprint density at radius 3 is 2.19 bits per heavy atom. The second-order valence-electron chi connectivity index (χ2n) is 3.94. The third kappa shape index (κ3) is 5.41. The summed E-state index contributed by atoms with van der Waals surface area (Å²) in [6.45, 7) is 2.14. The molecule has 0 aromatic heterocycles. The zero-order chi connectivity index (χ0) is 12.6. The highest BCUT2D eigenvalue weighted by Crippen LogP contribution is 2.52. The van der Waals surface area contributed by atoms with Crippen LogP contribution in [0.4, 0.5) is 0 Å². The van der Waals surface area contributed by atoms with Gasteiger partial charge in [0.15, 0.2) is 0 Å². The number of rotatable bonds is 9. The molecule has 98 valence electrons. The Kier molecular flexibility index (Phi) is 8.24. The van der Waals surface area contributed by atoms with Crippen LogP contribution in [-0.2, 0) is 13.6 Å². The molecule has 0 saturated heterocycles. The first-order chi connectivity index (χ1) is 7.50. The minimum absolute atomic E-state index is 0.274. The fraction of sp³-hybridized carbons (Fsp3) is 1.00. The van der Waals surface area contributed by atoms with Crippen LogP contribution in [0.3, 0.4) is 0 Å². The maximum absolute atomic E-state index is 12.2. The van der Waals surface area contributed by atoms with E-state index >= 15 is 0 Å². The molecule has 0 heterocycles. The number of hydrazine groups is 1. The maximum Gasteiger partial charge on any atom is 0.348 e. The summed E-state index contributed by atoms with van der Waals surface area (Å²) in [7, 11) is 3.54. The first-order valence-corrected chi connectivity index (χ1v) is 7.26. The monoisotopic (exact) mass is 252 g/mol. The summed E-state index contributed by atoms with van der Waals surface area (Å²) in [5.41, 5.74) is 3.10. The third-order valence-electron chi connectivity index (χ3n) is 2.38. The van der Waals surface area contributed by atoms with Gasteiger partial charge in [0.1, 0.15) is 5.78 Å². The minimum Gasteiger partial charge on any atom is -0.311 e. The van der Waals surface area contributed by atoms with E-state index in [4.69, 9.17) is 9.05 Å². The van der Waals surface area contributed by atoms with Gasteiger partial charge in [-0.15, -0.1) is 0 Å². The van der Waals surface area contributed by atoms with Crippen molar-refractivity contribution in [3.63, 3.8) is 0 Å². The molecule has 0 aliphatic carbocycles. The maximum atomic E-state index is 12.2. The molecule has 0 aromatic rings. The SMILES string of the molecule is CCCCCC(NN(C)C)P(=O)(OC)OC. The first-order valence-electron chi connectivity index (χ1n) is 5.64. The highest BCUT2D eigenvalue weighted by molar-refractivity contribution is 7.54. The molecule has 0 radical (unpaired) electrons. The van der Waals surface area contributed by atoms with Crippen LogP contribution in [-0.4, -0.2) is 39.1 Å². The summed E-state index contributed by atoms with van der Waals surface area (Å²) < 4.78 is 22.3. The van der Waals surface area contributed by atoms with Crippen LogP contribution in [0.25, 0.3) is 0 Å². The summed E-state index contributed by atoms with van der Waals surface area (Å²) in [5, 5.41) is 1.78. The van der Waals surface area contributed by atoms with Crippen molar-refractivity contribution in [3.8, 4) is 0 Å². The van der Waals surface area contributed by atoms with E-state index in [1.165, 1.54) is 14.2 Å². The molecule has 0 aromatic carbocycles. The fourth-order valence-corrected chi connectivity index (χ4v) is 3.04. The molecule has 5 nitrogen and oxygen atoms in total. The van der Waals surface area contributed by atoms with E-state index in [1.807, 2.05) is 14.1 Å². The van der Waals surface area contributed by atoms with Crippen LogP contribution in [0.2, 0.25) is 0 Å². The fourth-order valence-electron chi connectivity index (χ4n) is 1.51. The summed E-state index contributed by atoms with van der Waals surface area (Å²) in [4.78, 5) is 0. The number of hydrogen-bond acceptors (Lipinski definition) is 5.